The van der Waals surface area contributed by atoms with Crippen LogP contribution in [0.2, 0.25) is 0 Å². The maximum atomic E-state index is 12.1. The molecule has 1 aliphatic heterocycles. The van der Waals surface area contributed by atoms with Crippen LogP contribution < -0.4 is 10.1 Å². The molecular formula is C20H26N4O4. The van der Waals surface area contributed by atoms with Crippen LogP contribution >= 0.6 is 0 Å². The summed E-state index contributed by atoms with van der Waals surface area (Å²) in [7, 11) is 0. The van der Waals surface area contributed by atoms with E-state index in [-0.39, 0.29) is 30.7 Å². The van der Waals surface area contributed by atoms with Crippen LogP contribution in [0.3, 0.4) is 0 Å². The standard InChI is InChI=1S/C20H26N4O4/c1-3-27-17-6-4-15(5-7-17)12-18(26)21-13-19-22-20(23-28-19)16-8-10-24(11-9-16)14(2)25/h4-7,16H,3,8-13H2,1-2H3,(H,21,26). The number of ether oxygens (including phenoxy) is 1. The zero-order valence-corrected chi connectivity index (χ0v) is 16.3. The first kappa shape index (κ1) is 19.9. The van der Waals surface area contributed by atoms with Gasteiger partial charge in [0.25, 0.3) is 0 Å². The fourth-order valence-corrected chi connectivity index (χ4v) is 3.25. The Labute approximate surface area is 164 Å². The van der Waals surface area contributed by atoms with Gasteiger partial charge in [0.2, 0.25) is 17.7 Å². The van der Waals surface area contributed by atoms with Gasteiger partial charge in [-0.15, -0.1) is 0 Å². The summed E-state index contributed by atoms with van der Waals surface area (Å²) in [4.78, 5) is 29.8. The van der Waals surface area contributed by atoms with E-state index in [2.05, 4.69) is 15.5 Å². The monoisotopic (exact) mass is 386 g/mol. The Morgan fingerprint density at radius 1 is 1.25 bits per heavy atom. The van der Waals surface area contributed by atoms with Gasteiger partial charge in [-0.1, -0.05) is 17.3 Å². The average Bonchev–Trinajstić information content (AvgIpc) is 3.17. The Kier molecular flexibility index (Phi) is 6.62. The van der Waals surface area contributed by atoms with E-state index in [1.165, 1.54) is 0 Å². The minimum Gasteiger partial charge on any atom is -0.494 e. The summed E-state index contributed by atoms with van der Waals surface area (Å²) in [5.41, 5.74) is 0.907. The lowest BCUT2D eigenvalue weighted by atomic mass is 9.96. The molecule has 2 aromatic rings. The van der Waals surface area contributed by atoms with E-state index in [9.17, 15) is 9.59 Å². The Morgan fingerprint density at radius 2 is 1.96 bits per heavy atom. The molecule has 0 atom stereocenters. The molecule has 0 unspecified atom stereocenters. The molecule has 0 saturated carbocycles. The largest absolute Gasteiger partial charge is 0.494 e. The molecule has 1 fully saturated rings. The van der Waals surface area contributed by atoms with Gasteiger partial charge in [0.05, 0.1) is 19.6 Å². The predicted octanol–water partition coefficient (Wildman–Crippen LogP) is 2.05. The molecule has 1 saturated heterocycles. The minimum atomic E-state index is -0.112. The number of carbonyl (C=O) groups excluding carboxylic acids is 2. The third kappa shape index (κ3) is 5.31. The zero-order valence-electron chi connectivity index (χ0n) is 16.3. The van der Waals surface area contributed by atoms with Gasteiger partial charge >= 0.3 is 0 Å². The van der Waals surface area contributed by atoms with E-state index in [0.717, 1.165) is 24.2 Å². The number of nitrogens with one attached hydrogen (secondary N) is 1. The molecule has 0 aliphatic carbocycles. The number of aromatic nitrogens is 2. The van der Waals surface area contributed by atoms with Gasteiger partial charge in [0, 0.05) is 25.9 Å². The number of rotatable bonds is 7. The lowest BCUT2D eigenvalue weighted by Gasteiger charge is -2.29. The third-order valence-electron chi connectivity index (χ3n) is 4.83. The first-order valence-electron chi connectivity index (χ1n) is 9.61. The number of benzene rings is 1. The maximum Gasteiger partial charge on any atom is 0.246 e. The maximum absolute atomic E-state index is 12.1. The SMILES string of the molecule is CCOc1ccc(CC(=O)NCc2nc(C3CCN(C(C)=O)CC3)no2)cc1. The van der Waals surface area contributed by atoms with Gasteiger partial charge in [-0.05, 0) is 37.5 Å². The van der Waals surface area contributed by atoms with Crippen LogP contribution in [-0.4, -0.2) is 46.6 Å². The molecule has 28 heavy (non-hydrogen) atoms. The van der Waals surface area contributed by atoms with E-state index in [1.54, 1.807) is 6.92 Å². The number of hydrogen-bond acceptors (Lipinski definition) is 6. The van der Waals surface area contributed by atoms with Crippen molar-refractivity contribution in [3.8, 4) is 5.75 Å². The number of hydrogen-bond donors (Lipinski definition) is 1. The summed E-state index contributed by atoms with van der Waals surface area (Å²) in [5.74, 6) is 2.01. The molecule has 2 heterocycles. The van der Waals surface area contributed by atoms with Gasteiger partial charge in [-0.25, -0.2) is 0 Å². The van der Waals surface area contributed by atoms with Crippen LogP contribution in [0.4, 0.5) is 0 Å². The van der Waals surface area contributed by atoms with Crippen molar-refractivity contribution < 1.29 is 18.8 Å². The molecule has 1 aliphatic rings. The summed E-state index contributed by atoms with van der Waals surface area (Å²) in [6.45, 7) is 5.75. The predicted molar refractivity (Wildman–Crippen MR) is 102 cm³/mol. The highest BCUT2D eigenvalue weighted by Gasteiger charge is 2.25. The van der Waals surface area contributed by atoms with Crippen molar-refractivity contribution in [3.63, 3.8) is 0 Å². The second-order valence-corrected chi connectivity index (χ2v) is 6.86. The molecule has 3 rings (SSSR count). The molecule has 1 N–H and O–H groups in total. The number of piperidine rings is 1. The first-order chi connectivity index (χ1) is 13.5. The van der Waals surface area contributed by atoms with Crippen LogP contribution in [0, 0.1) is 0 Å². The van der Waals surface area contributed by atoms with Crippen LogP contribution in [-0.2, 0) is 22.6 Å². The van der Waals surface area contributed by atoms with Gasteiger partial charge < -0.3 is 19.5 Å². The number of nitrogens with zero attached hydrogens (tertiary/aromatic N) is 3. The molecule has 1 aromatic carbocycles. The van der Waals surface area contributed by atoms with E-state index in [0.29, 0.717) is 31.4 Å². The average molecular weight is 386 g/mol. The molecule has 0 radical (unpaired) electrons. The number of likely N-dealkylation sites (tertiary alicyclic amines) is 1. The van der Waals surface area contributed by atoms with Crippen LogP contribution in [0.15, 0.2) is 28.8 Å². The zero-order chi connectivity index (χ0) is 19.9. The Morgan fingerprint density at radius 3 is 2.61 bits per heavy atom. The highest BCUT2D eigenvalue weighted by Crippen LogP contribution is 2.25. The molecule has 0 spiro atoms. The van der Waals surface area contributed by atoms with Crippen LogP contribution in [0.5, 0.6) is 5.75 Å². The highest BCUT2D eigenvalue weighted by molar-refractivity contribution is 5.78. The molecular weight excluding hydrogens is 360 g/mol. The molecule has 150 valence electrons. The normalized spacial score (nSPS) is 14.7. The third-order valence-corrected chi connectivity index (χ3v) is 4.83. The Hall–Kier alpha value is -2.90. The smallest absolute Gasteiger partial charge is 0.246 e. The van der Waals surface area contributed by atoms with Gasteiger partial charge in [-0.2, -0.15) is 4.98 Å². The van der Waals surface area contributed by atoms with Crippen molar-refractivity contribution in [1.29, 1.82) is 0 Å². The van der Waals surface area contributed by atoms with Gasteiger partial charge in [0.1, 0.15) is 5.75 Å². The van der Waals surface area contributed by atoms with Crippen molar-refractivity contribution in [1.82, 2.24) is 20.4 Å². The topological polar surface area (TPSA) is 97.6 Å². The van der Waals surface area contributed by atoms with Gasteiger partial charge in [0.15, 0.2) is 5.82 Å². The quantitative estimate of drug-likeness (QED) is 0.782. The lowest BCUT2D eigenvalue weighted by molar-refractivity contribution is -0.129. The summed E-state index contributed by atoms with van der Waals surface area (Å²) in [6, 6.07) is 7.47. The minimum absolute atomic E-state index is 0.0995. The van der Waals surface area contributed by atoms with Crippen molar-refractivity contribution in [2.75, 3.05) is 19.7 Å². The second kappa shape index (κ2) is 9.34. The van der Waals surface area contributed by atoms with E-state index >= 15 is 0 Å². The van der Waals surface area contributed by atoms with Crippen molar-refractivity contribution in [2.45, 2.75) is 45.6 Å². The number of amides is 2. The van der Waals surface area contributed by atoms with E-state index in [1.807, 2.05) is 36.1 Å². The van der Waals surface area contributed by atoms with E-state index < -0.39 is 0 Å². The summed E-state index contributed by atoms with van der Waals surface area (Å²) < 4.78 is 10.7. The fourth-order valence-electron chi connectivity index (χ4n) is 3.25. The van der Waals surface area contributed by atoms with Crippen LogP contribution in [0.1, 0.15) is 49.9 Å². The van der Waals surface area contributed by atoms with Crippen molar-refractivity contribution >= 4 is 11.8 Å². The molecule has 8 heteroatoms. The first-order valence-corrected chi connectivity index (χ1v) is 9.61. The summed E-state index contributed by atoms with van der Waals surface area (Å²) in [6.07, 6.45) is 1.92. The second-order valence-electron chi connectivity index (χ2n) is 6.86. The molecule has 0 bridgehead atoms. The Bertz CT molecular complexity index is 795. The molecule has 1 aromatic heterocycles. The van der Waals surface area contributed by atoms with Gasteiger partial charge in [-0.3, -0.25) is 9.59 Å². The summed E-state index contributed by atoms with van der Waals surface area (Å²) in [5, 5.41) is 6.85. The van der Waals surface area contributed by atoms with Crippen LogP contribution in [0.25, 0.3) is 0 Å². The highest BCUT2D eigenvalue weighted by atomic mass is 16.5. The lowest BCUT2D eigenvalue weighted by Crippen LogP contribution is -2.36. The fraction of sp³-hybridized carbons (Fsp3) is 0.500. The molecule has 8 nitrogen and oxygen atoms in total. The molecule has 2 amide bonds. The van der Waals surface area contributed by atoms with Crippen molar-refractivity contribution in [3.05, 3.63) is 41.5 Å². The Balaban J connectivity index is 1.45. The van der Waals surface area contributed by atoms with Crippen molar-refractivity contribution in [2.24, 2.45) is 0 Å². The number of carbonyl (C=O) groups is 2. The summed E-state index contributed by atoms with van der Waals surface area (Å²) >= 11 is 0. The van der Waals surface area contributed by atoms with E-state index in [4.69, 9.17) is 9.26 Å².